The predicted octanol–water partition coefficient (Wildman–Crippen LogP) is 1.51. The van der Waals surface area contributed by atoms with E-state index in [1.807, 2.05) is 0 Å². The third kappa shape index (κ3) is 1.52. The van der Waals surface area contributed by atoms with E-state index in [0.717, 1.165) is 7.11 Å². The van der Waals surface area contributed by atoms with E-state index in [0.29, 0.717) is 12.0 Å². The number of hydrogen-bond acceptors (Lipinski definition) is 5. The van der Waals surface area contributed by atoms with Crippen molar-refractivity contribution in [2.24, 2.45) is 10.8 Å². The van der Waals surface area contributed by atoms with Crippen LogP contribution in [0.3, 0.4) is 0 Å². The largest absolute Gasteiger partial charge is 0.467 e. The minimum atomic E-state index is -1.94. The minimum absolute atomic E-state index is 0.110. The molecule has 0 saturated heterocycles. The number of nitrogens with zero attached hydrogens (tertiary/aromatic N) is 2. The fourth-order valence-corrected chi connectivity index (χ4v) is 2.49. The lowest BCUT2D eigenvalue weighted by Crippen LogP contribution is -2.53. The van der Waals surface area contributed by atoms with E-state index in [1.54, 1.807) is 32.9 Å². The summed E-state index contributed by atoms with van der Waals surface area (Å²) >= 11 is 0. The number of esters is 1. The Bertz CT molecular complexity index is 531. The lowest BCUT2D eigenvalue weighted by molar-refractivity contribution is -0.160. The first kappa shape index (κ1) is 13.9. The van der Waals surface area contributed by atoms with Gasteiger partial charge in [-0.15, -0.1) is 0 Å². The number of ether oxygens (including phenoxy) is 1. The number of rotatable bonds is 1. The smallest absolute Gasteiger partial charge is 0.334 e. The zero-order valence-corrected chi connectivity index (χ0v) is 10.8. The van der Waals surface area contributed by atoms with Gasteiger partial charge < -0.3 is 4.74 Å². The number of carbonyl (C=O) groups is 2. The highest BCUT2D eigenvalue weighted by Gasteiger charge is 2.61. The monoisotopic (exact) mass is 246 g/mol. The molecule has 1 aliphatic carbocycles. The summed E-state index contributed by atoms with van der Waals surface area (Å²) < 4.78 is 4.60. The molecule has 94 valence electrons. The summed E-state index contributed by atoms with van der Waals surface area (Å²) in [4.78, 5) is 24.2. The van der Waals surface area contributed by atoms with Gasteiger partial charge in [-0.3, -0.25) is 4.79 Å². The fourth-order valence-electron chi connectivity index (χ4n) is 2.49. The molecule has 0 saturated carbocycles. The predicted molar refractivity (Wildman–Crippen MR) is 61.8 cm³/mol. The summed E-state index contributed by atoms with van der Waals surface area (Å²) in [5, 5.41) is 18.3. The van der Waals surface area contributed by atoms with E-state index in [9.17, 15) is 14.9 Å². The Hall–Kier alpha value is -2.14. The quantitative estimate of drug-likeness (QED) is 0.516. The molecule has 0 fully saturated rings. The van der Waals surface area contributed by atoms with Crippen LogP contribution in [-0.2, 0) is 14.3 Å². The standard InChI is InChI=1S/C13H14N2O3/c1-8-5-12(2,3)13(7-15,11(17)18-4)10(16)9(8)6-14/h5H2,1-4H3/t13-/m1/s1. The summed E-state index contributed by atoms with van der Waals surface area (Å²) in [5.74, 6) is -1.66. The topological polar surface area (TPSA) is 90.9 Å². The van der Waals surface area contributed by atoms with Crippen LogP contribution in [0.15, 0.2) is 11.1 Å². The average molecular weight is 246 g/mol. The van der Waals surface area contributed by atoms with Crippen molar-refractivity contribution in [3.63, 3.8) is 0 Å². The highest BCUT2D eigenvalue weighted by Crippen LogP contribution is 2.50. The van der Waals surface area contributed by atoms with Crippen molar-refractivity contribution >= 4 is 11.8 Å². The first-order valence-electron chi connectivity index (χ1n) is 5.42. The number of methoxy groups -OCH3 is 1. The highest BCUT2D eigenvalue weighted by molar-refractivity contribution is 6.18. The van der Waals surface area contributed by atoms with Crippen LogP contribution in [0.1, 0.15) is 27.2 Å². The van der Waals surface area contributed by atoms with Gasteiger partial charge in [0, 0.05) is 5.41 Å². The molecule has 0 bridgehead atoms. The van der Waals surface area contributed by atoms with E-state index in [-0.39, 0.29) is 5.57 Å². The van der Waals surface area contributed by atoms with E-state index < -0.39 is 22.6 Å². The molecule has 1 atom stereocenters. The number of ketones is 1. The first-order valence-corrected chi connectivity index (χ1v) is 5.42. The lowest BCUT2D eigenvalue weighted by Gasteiger charge is -2.41. The average Bonchev–Trinajstić information content (AvgIpc) is 2.28. The molecule has 0 aromatic rings. The Morgan fingerprint density at radius 2 is 1.94 bits per heavy atom. The molecule has 0 amide bonds. The zero-order chi connectivity index (χ0) is 14.1. The van der Waals surface area contributed by atoms with Gasteiger partial charge in [0.15, 0.2) is 0 Å². The van der Waals surface area contributed by atoms with Gasteiger partial charge in [0.25, 0.3) is 0 Å². The Balaban J connectivity index is 3.63. The molecule has 0 spiro atoms. The number of hydrogen-bond donors (Lipinski definition) is 0. The normalized spacial score (nSPS) is 26.2. The van der Waals surface area contributed by atoms with Crippen LogP contribution >= 0.6 is 0 Å². The molecule has 1 rings (SSSR count). The SMILES string of the molecule is COC(=O)[C@@]1(C#N)C(=O)C(C#N)=C(C)CC1(C)C. The molecule has 0 aromatic heterocycles. The van der Waals surface area contributed by atoms with E-state index in [4.69, 9.17) is 5.26 Å². The van der Waals surface area contributed by atoms with Gasteiger partial charge in [-0.05, 0) is 13.3 Å². The second-order valence-corrected chi connectivity index (χ2v) is 5.01. The van der Waals surface area contributed by atoms with E-state index in [1.165, 1.54) is 0 Å². The molecular weight excluding hydrogens is 232 g/mol. The molecule has 0 radical (unpaired) electrons. The van der Waals surface area contributed by atoms with E-state index >= 15 is 0 Å². The lowest BCUT2D eigenvalue weighted by atomic mass is 9.56. The fraction of sp³-hybridized carbons (Fsp3) is 0.538. The molecule has 0 heterocycles. The second kappa shape index (κ2) is 4.27. The summed E-state index contributed by atoms with van der Waals surface area (Å²) in [6.45, 7) is 4.97. The number of carbonyl (C=O) groups excluding carboxylic acids is 2. The zero-order valence-electron chi connectivity index (χ0n) is 10.8. The van der Waals surface area contributed by atoms with Crippen molar-refractivity contribution in [2.45, 2.75) is 27.2 Å². The Kier molecular flexibility index (Phi) is 3.30. The number of allylic oxidation sites excluding steroid dienone is 2. The molecule has 0 N–H and O–H groups in total. The Morgan fingerprint density at radius 3 is 2.33 bits per heavy atom. The van der Waals surface area contributed by atoms with Gasteiger partial charge in [-0.1, -0.05) is 19.4 Å². The van der Waals surface area contributed by atoms with Crippen molar-refractivity contribution in [3.8, 4) is 12.1 Å². The molecule has 0 unspecified atom stereocenters. The van der Waals surface area contributed by atoms with Crippen molar-refractivity contribution in [2.75, 3.05) is 7.11 Å². The molecule has 18 heavy (non-hydrogen) atoms. The van der Waals surface area contributed by atoms with E-state index in [2.05, 4.69) is 4.74 Å². The third-order valence-electron chi connectivity index (χ3n) is 3.49. The number of nitriles is 2. The summed E-state index contributed by atoms with van der Waals surface area (Å²) in [6, 6.07) is 3.56. The molecule has 0 aliphatic heterocycles. The van der Waals surface area contributed by atoms with Crippen LogP contribution in [0.2, 0.25) is 0 Å². The van der Waals surface area contributed by atoms with Crippen molar-refractivity contribution < 1.29 is 14.3 Å². The van der Waals surface area contributed by atoms with Crippen LogP contribution in [0.25, 0.3) is 0 Å². The maximum Gasteiger partial charge on any atom is 0.334 e. The number of Topliss-reactive ketones (excluding diaryl/α,β-unsaturated/α-hetero) is 1. The molecule has 5 heteroatoms. The van der Waals surface area contributed by atoms with Gasteiger partial charge in [0.2, 0.25) is 11.2 Å². The van der Waals surface area contributed by atoms with Gasteiger partial charge in [0.05, 0.1) is 18.8 Å². The maximum atomic E-state index is 12.3. The van der Waals surface area contributed by atoms with Crippen LogP contribution in [0.5, 0.6) is 0 Å². The molecule has 5 nitrogen and oxygen atoms in total. The van der Waals surface area contributed by atoms with Crippen LogP contribution in [-0.4, -0.2) is 18.9 Å². The van der Waals surface area contributed by atoms with Gasteiger partial charge in [-0.25, -0.2) is 4.79 Å². The summed E-state index contributed by atoms with van der Waals surface area (Å²) in [5.41, 5.74) is -2.36. The van der Waals surface area contributed by atoms with Crippen LogP contribution < -0.4 is 0 Å². The minimum Gasteiger partial charge on any atom is -0.467 e. The summed E-state index contributed by atoms with van der Waals surface area (Å²) in [7, 11) is 1.13. The van der Waals surface area contributed by atoms with Crippen LogP contribution in [0, 0.1) is 33.5 Å². The van der Waals surface area contributed by atoms with Crippen LogP contribution in [0.4, 0.5) is 0 Å². The highest BCUT2D eigenvalue weighted by atomic mass is 16.5. The first-order chi connectivity index (χ1) is 8.28. The van der Waals surface area contributed by atoms with Crippen molar-refractivity contribution in [3.05, 3.63) is 11.1 Å². The molecule has 1 aliphatic rings. The van der Waals surface area contributed by atoms with Gasteiger partial charge in [0.1, 0.15) is 6.07 Å². The molecular formula is C13H14N2O3. The van der Waals surface area contributed by atoms with Gasteiger partial charge in [-0.2, -0.15) is 10.5 Å². The Morgan fingerprint density at radius 1 is 1.39 bits per heavy atom. The second-order valence-electron chi connectivity index (χ2n) is 5.01. The maximum absolute atomic E-state index is 12.3. The van der Waals surface area contributed by atoms with Gasteiger partial charge >= 0.3 is 5.97 Å². The molecule has 0 aromatic carbocycles. The van der Waals surface area contributed by atoms with Crippen molar-refractivity contribution in [1.82, 2.24) is 0 Å². The van der Waals surface area contributed by atoms with Crippen molar-refractivity contribution in [1.29, 1.82) is 10.5 Å². The Labute approximate surface area is 106 Å². The third-order valence-corrected chi connectivity index (χ3v) is 3.49. The summed E-state index contributed by atoms with van der Waals surface area (Å²) in [6.07, 6.45) is 0.324.